The first-order chi connectivity index (χ1) is 20.4. The molecule has 4 aromatic rings. The van der Waals surface area contributed by atoms with E-state index in [1.165, 1.54) is 13.3 Å². The Balaban J connectivity index is 1.43. The Hall–Kier alpha value is -4.12. The number of nitrogens with zero attached hydrogens (tertiary/aromatic N) is 2. The molecule has 3 aromatic carbocycles. The lowest BCUT2D eigenvalue weighted by molar-refractivity contribution is -0.165. The van der Waals surface area contributed by atoms with Crippen molar-refractivity contribution in [2.75, 3.05) is 20.4 Å². The first-order valence-corrected chi connectivity index (χ1v) is 13.5. The summed E-state index contributed by atoms with van der Waals surface area (Å²) in [6, 6.07) is 26.4. The van der Waals surface area contributed by atoms with Crippen LogP contribution in [0.5, 0.6) is 5.75 Å². The Kier molecular flexibility index (Phi) is 9.26. The van der Waals surface area contributed by atoms with Crippen LogP contribution in [-0.2, 0) is 34.0 Å². The van der Waals surface area contributed by atoms with Gasteiger partial charge in [0.25, 0.3) is 5.56 Å². The number of alkyl halides is 2. The molecule has 0 spiro atoms. The van der Waals surface area contributed by atoms with Gasteiger partial charge in [0.15, 0.2) is 18.0 Å². The molecule has 0 unspecified atom stereocenters. The van der Waals surface area contributed by atoms with Crippen molar-refractivity contribution >= 4 is 0 Å². The van der Waals surface area contributed by atoms with Crippen molar-refractivity contribution in [3.05, 3.63) is 135 Å². The Morgan fingerprint density at radius 1 is 0.857 bits per heavy atom. The zero-order valence-corrected chi connectivity index (χ0v) is 23.1. The number of methoxy groups -OCH3 is 1. The highest BCUT2D eigenvalue weighted by Gasteiger charge is 2.58. The lowest BCUT2D eigenvalue weighted by Gasteiger charge is -2.31. The van der Waals surface area contributed by atoms with Gasteiger partial charge in [-0.15, -0.1) is 0 Å². The molecule has 1 fully saturated rings. The summed E-state index contributed by atoms with van der Waals surface area (Å²) in [4.78, 5) is 26.2. The predicted octanol–water partition coefficient (Wildman–Crippen LogP) is 4.44. The van der Waals surface area contributed by atoms with Crippen LogP contribution in [0, 0.1) is 0 Å². The van der Waals surface area contributed by atoms with Crippen LogP contribution in [0.15, 0.2) is 107 Å². The van der Waals surface area contributed by atoms with Crippen molar-refractivity contribution in [2.45, 2.75) is 43.9 Å². The Morgan fingerprint density at radius 2 is 1.50 bits per heavy atom. The van der Waals surface area contributed by atoms with Gasteiger partial charge in [0.05, 0.1) is 33.5 Å². The Labute approximate surface area is 241 Å². The largest absolute Gasteiger partial charge is 0.497 e. The molecule has 0 bridgehead atoms. The fourth-order valence-electron chi connectivity index (χ4n) is 4.99. The van der Waals surface area contributed by atoms with Gasteiger partial charge < -0.3 is 18.9 Å². The molecule has 220 valence electrons. The van der Waals surface area contributed by atoms with Crippen molar-refractivity contribution in [3.63, 3.8) is 0 Å². The van der Waals surface area contributed by atoms with Gasteiger partial charge in [-0.25, -0.2) is 13.6 Å². The lowest BCUT2D eigenvalue weighted by Crippen LogP contribution is -2.49. The van der Waals surface area contributed by atoms with Crippen LogP contribution >= 0.6 is 0 Å². The molecule has 1 saturated heterocycles. The molecule has 1 aromatic heterocycles. The Morgan fingerprint density at radius 3 is 2.12 bits per heavy atom. The van der Waals surface area contributed by atoms with E-state index in [1.54, 1.807) is 24.3 Å². The minimum Gasteiger partial charge on any atom is -0.497 e. The van der Waals surface area contributed by atoms with Crippen molar-refractivity contribution in [1.29, 1.82) is 0 Å². The monoisotopic (exact) mass is 578 g/mol. The highest BCUT2D eigenvalue weighted by atomic mass is 19.1. The SMILES string of the molecule is COc1ccc(Cn2c(=O)ccn([C@@H]3O[C@](CF)(COCc4ccccc4)[C@@H](OCc4ccccc4)[C@H]3F)c2=O)cc1. The number of hydrogen-bond acceptors (Lipinski definition) is 6. The normalized spacial score (nSPS) is 21.8. The summed E-state index contributed by atoms with van der Waals surface area (Å²) < 4.78 is 56.1. The molecule has 2 heterocycles. The molecule has 5 rings (SSSR count). The predicted molar refractivity (Wildman–Crippen MR) is 152 cm³/mol. The maximum absolute atomic E-state index is 16.3. The molecule has 10 heteroatoms. The third-order valence-corrected chi connectivity index (χ3v) is 7.26. The van der Waals surface area contributed by atoms with Crippen LogP contribution in [-0.4, -0.2) is 47.4 Å². The molecule has 0 radical (unpaired) electrons. The minimum absolute atomic E-state index is 0.00565. The number of benzene rings is 3. The van der Waals surface area contributed by atoms with E-state index in [1.807, 2.05) is 60.7 Å². The van der Waals surface area contributed by atoms with Crippen LogP contribution in [0.2, 0.25) is 0 Å². The fraction of sp³-hybridized carbons (Fsp3) is 0.312. The van der Waals surface area contributed by atoms with Gasteiger partial charge in [0, 0.05) is 12.3 Å². The molecule has 0 amide bonds. The van der Waals surface area contributed by atoms with Gasteiger partial charge in [-0.1, -0.05) is 72.8 Å². The van der Waals surface area contributed by atoms with E-state index in [2.05, 4.69) is 0 Å². The summed E-state index contributed by atoms with van der Waals surface area (Å²) in [5.74, 6) is 0.620. The van der Waals surface area contributed by atoms with Crippen molar-refractivity contribution in [1.82, 2.24) is 9.13 Å². The molecule has 42 heavy (non-hydrogen) atoms. The molecular weight excluding hydrogens is 546 g/mol. The third-order valence-electron chi connectivity index (χ3n) is 7.26. The van der Waals surface area contributed by atoms with Gasteiger partial charge in [0.1, 0.15) is 18.5 Å². The zero-order valence-electron chi connectivity index (χ0n) is 23.1. The van der Waals surface area contributed by atoms with Gasteiger partial charge in [-0.3, -0.25) is 13.9 Å². The zero-order chi connectivity index (χ0) is 29.5. The van der Waals surface area contributed by atoms with Crippen LogP contribution in [0.1, 0.15) is 22.9 Å². The molecule has 0 N–H and O–H groups in total. The summed E-state index contributed by atoms with van der Waals surface area (Å²) in [6.45, 7) is -1.37. The van der Waals surface area contributed by atoms with Crippen LogP contribution in [0.4, 0.5) is 8.78 Å². The summed E-state index contributed by atoms with van der Waals surface area (Å²) in [5.41, 5.74) is -0.941. The molecule has 4 atom stereocenters. The average Bonchev–Trinajstić information content (AvgIpc) is 3.30. The van der Waals surface area contributed by atoms with E-state index in [0.29, 0.717) is 11.3 Å². The van der Waals surface area contributed by atoms with E-state index in [4.69, 9.17) is 18.9 Å². The molecule has 1 aliphatic rings. The van der Waals surface area contributed by atoms with Crippen molar-refractivity contribution < 1.29 is 27.7 Å². The molecule has 8 nitrogen and oxygen atoms in total. The molecular formula is C32H32F2N2O6. The maximum Gasteiger partial charge on any atom is 0.333 e. The third kappa shape index (κ3) is 6.35. The lowest BCUT2D eigenvalue weighted by atomic mass is 9.97. The number of aromatic nitrogens is 2. The van der Waals surface area contributed by atoms with Crippen LogP contribution < -0.4 is 16.0 Å². The van der Waals surface area contributed by atoms with E-state index < -0.39 is 42.0 Å². The minimum atomic E-state index is -1.95. The second kappa shape index (κ2) is 13.2. The van der Waals surface area contributed by atoms with Gasteiger partial charge >= 0.3 is 5.69 Å². The highest BCUT2D eigenvalue weighted by Crippen LogP contribution is 2.41. The summed E-state index contributed by atoms with van der Waals surface area (Å²) in [5, 5.41) is 0. The van der Waals surface area contributed by atoms with Gasteiger partial charge in [-0.05, 0) is 28.8 Å². The summed E-state index contributed by atoms with van der Waals surface area (Å²) in [7, 11) is 1.53. The van der Waals surface area contributed by atoms with Crippen molar-refractivity contribution in [2.24, 2.45) is 0 Å². The average molecular weight is 579 g/mol. The van der Waals surface area contributed by atoms with E-state index in [0.717, 1.165) is 26.3 Å². The Bertz CT molecular complexity index is 1560. The number of rotatable bonds is 12. The van der Waals surface area contributed by atoms with Crippen LogP contribution in [0.3, 0.4) is 0 Å². The molecule has 1 aliphatic heterocycles. The highest BCUT2D eigenvalue weighted by molar-refractivity contribution is 5.27. The summed E-state index contributed by atoms with van der Waals surface area (Å²) >= 11 is 0. The standard InChI is InChI=1S/C32H32F2N2O6/c1-39-26-14-12-23(13-15-26)18-36-27(37)16-17-35(31(36)38)30-28(34)29(41-20-25-10-6-3-7-11-25)32(21-33,42-30)22-40-19-24-8-4-2-5-9-24/h2-17,28-30H,18-22H2,1H3/t28-,29+,30-,32-/m1/s1. The first-order valence-electron chi connectivity index (χ1n) is 13.5. The molecule has 0 saturated carbocycles. The van der Waals surface area contributed by atoms with E-state index in [9.17, 15) is 14.0 Å². The topological polar surface area (TPSA) is 80.9 Å². The first kappa shape index (κ1) is 29.4. The van der Waals surface area contributed by atoms with Crippen molar-refractivity contribution in [3.8, 4) is 5.75 Å². The second-order valence-corrected chi connectivity index (χ2v) is 10.1. The van der Waals surface area contributed by atoms with Gasteiger partial charge in [0.2, 0.25) is 0 Å². The van der Waals surface area contributed by atoms with E-state index in [-0.39, 0.29) is 26.4 Å². The molecule has 0 aliphatic carbocycles. The number of ether oxygens (including phenoxy) is 4. The second-order valence-electron chi connectivity index (χ2n) is 10.1. The van der Waals surface area contributed by atoms with E-state index >= 15 is 4.39 Å². The quantitative estimate of drug-likeness (QED) is 0.247. The number of halogens is 2. The van der Waals surface area contributed by atoms with Gasteiger partial charge in [-0.2, -0.15) is 0 Å². The summed E-state index contributed by atoms with van der Waals surface area (Å²) in [6.07, 6.45) is -3.75. The fourth-order valence-corrected chi connectivity index (χ4v) is 4.99. The maximum atomic E-state index is 16.3. The van der Waals surface area contributed by atoms with Crippen LogP contribution in [0.25, 0.3) is 0 Å². The smallest absolute Gasteiger partial charge is 0.333 e. The number of hydrogen-bond donors (Lipinski definition) is 0.